The number of hydrogen-bond acceptors (Lipinski definition) is 1. The van der Waals surface area contributed by atoms with Crippen LogP contribution in [-0.2, 0) is 13.1 Å². The van der Waals surface area contributed by atoms with Gasteiger partial charge in [0.1, 0.15) is 0 Å². The van der Waals surface area contributed by atoms with Gasteiger partial charge < -0.3 is 0 Å². The Morgan fingerprint density at radius 3 is 1.89 bits per heavy atom. The molecule has 1 nitrogen and oxygen atoms in total. The van der Waals surface area contributed by atoms with Crippen molar-refractivity contribution in [3.8, 4) is 11.8 Å². The topological polar surface area (TPSA) is 3.24 Å². The summed E-state index contributed by atoms with van der Waals surface area (Å²) in [6.07, 6.45) is 3.37. The average molecular weight is 358 g/mol. The fourth-order valence-corrected chi connectivity index (χ4v) is 2.92. The van der Waals surface area contributed by atoms with Gasteiger partial charge in [-0.2, -0.15) is 0 Å². The number of unbranched alkanes of at least 4 members (excludes halogenated alkanes) is 1. The molecule has 2 aromatic carbocycles. The minimum atomic E-state index is 0.754. The predicted molar refractivity (Wildman–Crippen MR) is 116 cm³/mol. The molecule has 0 amide bonds. The van der Waals surface area contributed by atoms with E-state index in [4.69, 9.17) is 0 Å². The van der Waals surface area contributed by atoms with Crippen LogP contribution >= 0.6 is 0 Å². The molecule has 0 saturated heterocycles. The molecule has 0 aromatic heterocycles. The van der Waals surface area contributed by atoms with Crippen LogP contribution in [0.2, 0.25) is 0 Å². The first-order chi connectivity index (χ1) is 13.2. The van der Waals surface area contributed by atoms with Crippen molar-refractivity contribution in [1.29, 1.82) is 0 Å². The third-order valence-electron chi connectivity index (χ3n) is 4.22. The largest absolute Gasteiger partial charge is 0.284 e. The lowest BCUT2D eigenvalue weighted by molar-refractivity contribution is 0.290. The number of benzene rings is 2. The van der Waals surface area contributed by atoms with E-state index in [0.29, 0.717) is 0 Å². The first-order valence-electron chi connectivity index (χ1n) is 9.89. The zero-order valence-corrected chi connectivity index (χ0v) is 17.0. The van der Waals surface area contributed by atoms with Gasteiger partial charge in [0.05, 0.1) is 6.54 Å². The van der Waals surface area contributed by atoms with E-state index in [1.807, 2.05) is 0 Å². The standard InChI is InChI=1S/C26H31N/c1-4-5-13-24(20-23(2)3)18-12-19-27(21-25-14-8-6-9-15-25)22-26-16-10-7-11-17-26/h6-11,14-17H,4-5,13,19,21-22H2,1-3H3. The Labute approximate surface area is 165 Å². The maximum atomic E-state index is 3.43. The van der Waals surface area contributed by atoms with Gasteiger partial charge in [0.25, 0.3) is 0 Å². The van der Waals surface area contributed by atoms with Gasteiger partial charge in [-0.25, -0.2) is 0 Å². The molecule has 2 rings (SSSR count). The molecule has 1 heteroatoms. The summed E-state index contributed by atoms with van der Waals surface area (Å²) in [6.45, 7) is 8.95. The molecule has 0 bridgehead atoms. The number of hydrogen-bond donors (Lipinski definition) is 0. The Morgan fingerprint density at radius 2 is 1.41 bits per heavy atom. The second-order valence-electron chi connectivity index (χ2n) is 7.13. The minimum Gasteiger partial charge on any atom is -0.284 e. The molecule has 0 N–H and O–H groups in total. The molecule has 0 atom stereocenters. The van der Waals surface area contributed by atoms with Crippen LogP contribution in [-0.4, -0.2) is 11.4 Å². The number of rotatable bonds is 8. The Bertz CT molecular complexity index is 754. The van der Waals surface area contributed by atoms with Crippen LogP contribution in [0.5, 0.6) is 0 Å². The van der Waals surface area contributed by atoms with Crippen molar-refractivity contribution in [2.75, 3.05) is 6.54 Å². The summed E-state index contributed by atoms with van der Waals surface area (Å²) in [7, 11) is 0. The van der Waals surface area contributed by atoms with Crippen LogP contribution in [0.3, 0.4) is 0 Å². The van der Waals surface area contributed by atoms with E-state index in [9.17, 15) is 0 Å². The number of allylic oxidation sites excluding steroid dienone is 1. The molecular weight excluding hydrogens is 326 g/mol. The van der Waals surface area contributed by atoms with Crippen LogP contribution in [0, 0.1) is 11.8 Å². The fraction of sp³-hybridized carbons (Fsp3) is 0.346. The Morgan fingerprint density at radius 1 is 0.852 bits per heavy atom. The van der Waals surface area contributed by atoms with Crippen LogP contribution in [0.15, 0.2) is 77.5 Å². The summed E-state index contributed by atoms with van der Waals surface area (Å²) in [5.41, 5.74) is 8.40. The first-order valence-corrected chi connectivity index (χ1v) is 9.89. The zero-order valence-electron chi connectivity index (χ0n) is 17.0. The Balaban J connectivity index is 2.12. The van der Waals surface area contributed by atoms with Crippen LogP contribution < -0.4 is 0 Å². The van der Waals surface area contributed by atoms with E-state index in [2.05, 4.69) is 104 Å². The van der Waals surface area contributed by atoms with Gasteiger partial charge in [-0.1, -0.05) is 85.8 Å². The molecule has 0 unspecified atom stereocenters. The number of nitrogens with zero attached hydrogens (tertiary/aromatic N) is 1. The summed E-state index contributed by atoms with van der Waals surface area (Å²) in [6, 6.07) is 21.3. The maximum Gasteiger partial charge on any atom is 0.0611 e. The smallest absolute Gasteiger partial charge is 0.0611 e. The second-order valence-corrected chi connectivity index (χ2v) is 7.13. The molecule has 0 heterocycles. The van der Waals surface area contributed by atoms with Crippen LogP contribution in [0.1, 0.15) is 51.2 Å². The molecule has 2 aromatic rings. The summed E-state index contributed by atoms with van der Waals surface area (Å²) in [5, 5.41) is 0. The summed E-state index contributed by atoms with van der Waals surface area (Å²) < 4.78 is 0. The third kappa shape index (κ3) is 8.61. The molecule has 0 radical (unpaired) electrons. The Hall–Kier alpha value is -2.52. The lowest BCUT2D eigenvalue weighted by Crippen LogP contribution is -2.23. The molecule has 0 aliphatic rings. The van der Waals surface area contributed by atoms with E-state index in [0.717, 1.165) is 31.6 Å². The maximum absolute atomic E-state index is 3.43. The lowest BCUT2D eigenvalue weighted by Gasteiger charge is -2.20. The van der Waals surface area contributed by atoms with Crippen LogP contribution in [0.25, 0.3) is 0 Å². The van der Waals surface area contributed by atoms with E-state index < -0.39 is 0 Å². The van der Waals surface area contributed by atoms with Crippen molar-refractivity contribution in [2.24, 2.45) is 0 Å². The van der Waals surface area contributed by atoms with Crippen molar-refractivity contribution in [3.05, 3.63) is 88.7 Å². The highest BCUT2D eigenvalue weighted by Gasteiger charge is 2.05. The molecular formula is C26H31N. The van der Waals surface area contributed by atoms with Crippen molar-refractivity contribution >= 4 is 0 Å². The predicted octanol–water partition coefficient (Wildman–Crippen LogP) is 6.37. The fourth-order valence-electron chi connectivity index (χ4n) is 2.92. The van der Waals surface area contributed by atoms with Crippen molar-refractivity contribution in [3.63, 3.8) is 0 Å². The highest BCUT2D eigenvalue weighted by atomic mass is 15.1. The third-order valence-corrected chi connectivity index (χ3v) is 4.22. The molecule has 27 heavy (non-hydrogen) atoms. The van der Waals surface area contributed by atoms with Crippen molar-refractivity contribution in [2.45, 2.75) is 53.1 Å². The second kappa shape index (κ2) is 12.0. The highest BCUT2D eigenvalue weighted by molar-refractivity contribution is 5.29. The summed E-state index contributed by atoms with van der Waals surface area (Å²) in [5.74, 6) is 6.78. The molecule has 140 valence electrons. The monoisotopic (exact) mass is 357 g/mol. The van der Waals surface area contributed by atoms with Crippen LogP contribution in [0.4, 0.5) is 0 Å². The van der Waals surface area contributed by atoms with Gasteiger partial charge in [0.15, 0.2) is 0 Å². The SMILES string of the molecule is CCCCC(=C=C(C)C)C#CCN(Cc1ccccc1)Cc1ccccc1. The van der Waals surface area contributed by atoms with Crippen molar-refractivity contribution in [1.82, 2.24) is 4.90 Å². The first kappa shape index (κ1) is 20.8. The molecule has 0 saturated carbocycles. The van der Waals surface area contributed by atoms with E-state index in [1.165, 1.54) is 29.5 Å². The Kier molecular flexibility index (Phi) is 9.22. The van der Waals surface area contributed by atoms with Gasteiger partial charge in [0, 0.05) is 18.7 Å². The molecule has 0 aliphatic heterocycles. The average Bonchev–Trinajstić information content (AvgIpc) is 2.67. The molecule has 0 aliphatic carbocycles. The molecule has 0 spiro atoms. The van der Waals surface area contributed by atoms with Gasteiger partial charge in [0.2, 0.25) is 0 Å². The van der Waals surface area contributed by atoms with Crippen molar-refractivity contribution < 1.29 is 0 Å². The van der Waals surface area contributed by atoms with Gasteiger partial charge in [-0.15, -0.1) is 5.73 Å². The normalized spacial score (nSPS) is 10.1. The zero-order chi connectivity index (χ0) is 19.3. The lowest BCUT2D eigenvalue weighted by atomic mass is 10.1. The quantitative estimate of drug-likeness (QED) is 0.392. The van der Waals surface area contributed by atoms with Gasteiger partial charge >= 0.3 is 0 Å². The van der Waals surface area contributed by atoms with Gasteiger partial charge in [-0.05, 0) is 43.4 Å². The van der Waals surface area contributed by atoms with E-state index in [1.54, 1.807) is 0 Å². The van der Waals surface area contributed by atoms with E-state index >= 15 is 0 Å². The summed E-state index contributed by atoms with van der Waals surface area (Å²) >= 11 is 0. The van der Waals surface area contributed by atoms with Gasteiger partial charge in [-0.3, -0.25) is 4.90 Å². The van der Waals surface area contributed by atoms with E-state index in [-0.39, 0.29) is 0 Å². The minimum absolute atomic E-state index is 0.754. The highest BCUT2D eigenvalue weighted by Crippen LogP contribution is 2.10. The summed E-state index contributed by atoms with van der Waals surface area (Å²) in [4.78, 5) is 2.40. The molecule has 0 fully saturated rings.